The first-order valence-corrected chi connectivity index (χ1v) is 9.70. The lowest BCUT2D eigenvalue weighted by Gasteiger charge is -2.03. The van der Waals surface area contributed by atoms with E-state index in [1.165, 1.54) is 12.1 Å². The number of furan rings is 1. The predicted molar refractivity (Wildman–Crippen MR) is 113 cm³/mol. The molecule has 1 aromatic heterocycles. The lowest BCUT2D eigenvalue weighted by atomic mass is 10.2. The molecule has 0 radical (unpaired) electrons. The zero-order valence-electron chi connectivity index (χ0n) is 14.1. The van der Waals surface area contributed by atoms with Gasteiger partial charge < -0.3 is 14.8 Å². The maximum Gasteiger partial charge on any atom is 0.289 e. The summed E-state index contributed by atoms with van der Waals surface area (Å²) in [6, 6.07) is 15.1. The number of rotatable bonds is 3. The SMILES string of the molecule is O=C1NC(=Nc2ccc(O)cc2)/C(=C/c2ccc(-c3c(Cl)cccc3Cl)o2)S1. The van der Waals surface area contributed by atoms with Gasteiger partial charge in [-0.05, 0) is 66.4 Å². The van der Waals surface area contributed by atoms with Crippen molar-refractivity contribution in [2.45, 2.75) is 0 Å². The molecule has 4 rings (SSSR count). The summed E-state index contributed by atoms with van der Waals surface area (Å²) >= 11 is 13.5. The van der Waals surface area contributed by atoms with Crippen LogP contribution in [-0.4, -0.2) is 16.2 Å². The molecule has 1 aliphatic rings. The molecule has 140 valence electrons. The molecule has 2 heterocycles. The zero-order valence-corrected chi connectivity index (χ0v) is 16.5. The Kier molecular flexibility index (Phi) is 5.17. The fraction of sp³-hybridized carbons (Fsp3) is 0. The number of nitrogens with zero attached hydrogens (tertiary/aromatic N) is 1. The van der Waals surface area contributed by atoms with Crippen LogP contribution < -0.4 is 5.32 Å². The van der Waals surface area contributed by atoms with Crippen LogP contribution in [0.25, 0.3) is 17.4 Å². The van der Waals surface area contributed by atoms with Gasteiger partial charge in [-0.3, -0.25) is 4.79 Å². The fourth-order valence-electron chi connectivity index (χ4n) is 2.60. The van der Waals surface area contributed by atoms with Crippen LogP contribution >= 0.6 is 35.0 Å². The van der Waals surface area contributed by atoms with Crippen LogP contribution in [0.4, 0.5) is 10.5 Å². The number of amides is 1. The summed E-state index contributed by atoms with van der Waals surface area (Å²) < 4.78 is 5.86. The summed E-state index contributed by atoms with van der Waals surface area (Å²) in [5.41, 5.74) is 1.21. The van der Waals surface area contributed by atoms with Gasteiger partial charge in [0.25, 0.3) is 5.24 Å². The molecule has 0 saturated carbocycles. The maximum atomic E-state index is 11.8. The van der Waals surface area contributed by atoms with Crippen molar-refractivity contribution in [2.75, 3.05) is 0 Å². The second-order valence-electron chi connectivity index (χ2n) is 5.80. The van der Waals surface area contributed by atoms with Crippen LogP contribution in [0.3, 0.4) is 0 Å². The molecule has 0 spiro atoms. The normalized spacial score (nSPS) is 16.7. The summed E-state index contributed by atoms with van der Waals surface area (Å²) in [5.74, 6) is 1.62. The van der Waals surface area contributed by atoms with E-state index in [4.69, 9.17) is 27.6 Å². The average Bonchev–Trinajstić information content (AvgIpc) is 3.24. The topological polar surface area (TPSA) is 74.8 Å². The van der Waals surface area contributed by atoms with Gasteiger partial charge >= 0.3 is 0 Å². The van der Waals surface area contributed by atoms with E-state index in [2.05, 4.69) is 10.3 Å². The molecule has 1 fully saturated rings. The first-order chi connectivity index (χ1) is 13.5. The highest BCUT2D eigenvalue weighted by atomic mass is 35.5. The highest BCUT2D eigenvalue weighted by Gasteiger charge is 2.24. The summed E-state index contributed by atoms with van der Waals surface area (Å²) in [7, 11) is 0. The number of aromatic hydroxyl groups is 1. The molecule has 5 nitrogen and oxygen atoms in total. The number of carbonyl (C=O) groups is 1. The van der Waals surface area contributed by atoms with Gasteiger partial charge in [0, 0.05) is 0 Å². The number of hydrogen-bond acceptors (Lipinski definition) is 5. The van der Waals surface area contributed by atoms with E-state index < -0.39 is 0 Å². The van der Waals surface area contributed by atoms with Gasteiger partial charge in [0.15, 0.2) is 0 Å². The van der Waals surface area contributed by atoms with Crippen molar-refractivity contribution in [2.24, 2.45) is 4.99 Å². The third kappa shape index (κ3) is 3.94. The summed E-state index contributed by atoms with van der Waals surface area (Å²) in [6.45, 7) is 0. The number of carbonyl (C=O) groups excluding carboxylic acids is 1. The minimum absolute atomic E-state index is 0.144. The monoisotopic (exact) mass is 430 g/mol. The second kappa shape index (κ2) is 7.75. The van der Waals surface area contributed by atoms with Crippen LogP contribution in [0.15, 0.2) is 68.9 Å². The summed E-state index contributed by atoms with van der Waals surface area (Å²) in [6.07, 6.45) is 1.72. The zero-order chi connectivity index (χ0) is 19.7. The number of halogens is 2. The van der Waals surface area contributed by atoms with E-state index in [1.807, 2.05) is 0 Å². The Morgan fingerprint density at radius 3 is 2.46 bits per heavy atom. The largest absolute Gasteiger partial charge is 0.508 e. The Morgan fingerprint density at radius 2 is 1.75 bits per heavy atom. The van der Waals surface area contributed by atoms with Crippen LogP contribution in [0.5, 0.6) is 5.75 Å². The Balaban J connectivity index is 1.67. The molecule has 0 bridgehead atoms. The quantitative estimate of drug-likeness (QED) is 0.497. The number of hydrogen-bond donors (Lipinski definition) is 2. The number of thioether (sulfide) groups is 1. The molecule has 1 saturated heterocycles. The van der Waals surface area contributed by atoms with E-state index in [9.17, 15) is 9.90 Å². The van der Waals surface area contributed by atoms with Gasteiger partial charge in [-0.1, -0.05) is 29.3 Å². The standard InChI is InChI=1S/C20H12Cl2N2O3S/c21-14-2-1-3-15(22)18(14)16-9-8-13(27-16)10-17-19(24-20(26)28-17)23-11-4-6-12(25)7-5-11/h1-10,25H,(H,23,24,26)/b17-10-. The Hall–Kier alpha value is -2.67. The van der Waals surface area contributed by atoms with Crippen LogP contribution in [-0.2, 0) is 0 Å². The Morgan fingerprint density at radius 1 is 1.04 bits per heavy atom. The van der Waals surface area contributed by atoms with Crippen LogP contribution in [0.1, 0.15) is 5.76 Å². The highest BCUT2D eigenvalue weighted by Crippen LogP contribution is 2.36. The minimum Gasteiger partial charge on any atom is -0.508 e. The lowest BCUT2D eigenvalue weighted by Crippen LogP contribution is -2.18. The van der Waals surface area contributed by atoms with Crippen molar-refractivity contribution in [3.05, 3.63) is 75.3 Å². The van der Waals surface area contributed by atoms with Crippen molar-refractivity contribution in [1.82, 2.24) is 5.32 Å². The van der Waals surface area contributed by atoms with Crippen molar-refractivity contribution in [3.63, 3.8) is 0 Å². The van der Waals surface area contributed by atoms with Crippen molar-refractivity contribution >= 4 is 57.8 Å². The first kappa shape index (κ1) is 18.7. The highest BCUT2D eigenvalue weighted by molar-refractivity contribution is 8.18. The Bertz CT molecular complexity index is 1100. The van der Waals surface area contributed by atoms with E-state index >= 15 is 0 Å². The molecule has 0 atom stereocenters. The fourth-order valence-corrected chi connectivity index (χ4v) is 3.90. The van der Waals surface area contributed by atoms with Gasteiger partial charge in [0.05, 0.1) is 26.2 Å². The molecule has 2 N–H and O–H groups in total. The third-order valence-electron chi connectivity index (χ3n) is 3.86. The number of nitrogens with one attached hydrogen (secondary N) is 1. The van der Waals surface area contributed by atoms with Gasteiger partial charge in [-0.2, -0.15) is 0 Å². The lowest BCUT2D eigenvalue weighted by molar-refractivity contribution is 0.265. The molecule has 1 amide bonds. The maximum absolute atomic E-state index is 11.8. The molecule has 0 unspecified atom stereocenters. The molecule has 8 heteroatoms. The van der Waals surface area contributed by atoms with Crippen LogP contribution in [0.2, 0.25) is 10.0 Å². The number of amidine groups is 1. The smallest absolute Gasteiger partial charge is 0.289 e. The van der Waals surface area contributed by atoms with E-state index in [-0.39, 0.29) is 11.0 Å². The molecule has 28 heavy (non-hydrogen) atoms. The predicted octanol–water partition coefficient (Wildman–Crippen LogP) is 6.49. The summed E-state index contributed by atoms with van der Waals surface area (Å²) in [4.78, 5) is 16.9. The minimum atomic E-state index is -0.232. The molecule has 3 aromatic rings. The van der Waals surface area contributed by atoms with Gasteiger partial charge in [0.2, 0.25) is 0 Å². The number of phenolic OH excluding ortho intramolecular Hbond substituents is 1. The molecular formula is C20H12Cl2N2O3S. The molecule has 2 aromatic carbocycles. The second-order valence-corrected chi connectivity index (χ2v) is 7.63. The van der Waals surface area contributed by atoms with E-state index in [0.717, 1.165) is 11.8 Å². The van der Waals surface area contributed by atoms with Crippen LogP contribution in [0, 0.1) is 0 Å². The van der Waals surface area contributed by atoms with E-state index in [1.54, 1.807) is 48.5 Å². The van der Waals surface area contributed by atoms with Crippen molar-refractivity contribution in [3.8, 4) is 17.1 Å². The number of aliphatic imine (C=N–C) groups is 1. The van der Waals surface area contributed by atoms with Gasteiger partial charge in [-0.25, -0.2) is 4.99 Å². The first-order valence-electron chi connectivity index (χ1n) is 8.12. The third-order valence-corrected chi connectivity index (χ3v) is 5.30. The number of benzene rings is 2. The van der Waals surface area contributed by atoms with Gasteiger partial charge in [0.1, 0.15) is 23.1 Å². The van der Waals surface area contributed by atoms with E-state index in [0.29, 0.717) is 43.6 Å². The molecule has 1 aliphatic heterocycles. The molecule has 0 aliphatic carbocycles. The van der Waals surface area contributed by atoms with Gasteiger partial charge in [-0.15, -0.1) is 0 Å². The number of phenols is 1. The Labute approximate surface area is 174 Å². The molecular weight excluding hydrogens is 419 g/mol. The van der Waals surface area contributed by atoms with Crippen molar-refractivity contribution < 1.29 is 14.3 Å². The summed E-state index contributed by atoms with van der Waals surface area (Å²) in [5, 5.41) is 12.8. The van der Waals surface area contributed by atoms with Crippen molar-refractivity contribution in [1.29, 1.82) is 0 Å². The average molecular weight is 431 g/mol.